The maximum absolute atomic E-state index is 13.9. The lowest BCUT2D eigenvalue weighted by Gasteiger charge is -2.17. The van der Waals surface area contributed by atoms with Gasteiger partial charge in [0.2, 0.25) is 0 Å². The zero-order valence-electron chi connectivity index (χ0n) is 19.9. The van der Waals surface area contributed by atoms with Crippen molar-refractivity contribution < 1.29 is 13.9 Å². The van der Waals surface area contributed by atoms with Crippen molar-refractivity contribution in [2.45, 2.75) is 20.3 Å². The smallest absolute Gasteiger partial charge is 0.330 e. The SMILES string of the molecule is CCOC(=O)/C=C/c1ccc(/C(=C(/CC)c2ccc(F)cc2Cl)c2[nH]c3ccccc3c2C#N)cc1. The average Bonchev–Trinajstić information content (AvgIpc) is 3.25. The zero-order chi connectivity index (χ0) is 25.7. The van der Waals surface area contributed by atoms with Gasteiger partial charge in [0.1, 0.15) is 11.9 Å². The molecule has 4 rings (SSSR count). The van der Waals surface area contributed by atoms with Crippen molar-refractivity contribution >= 4 is 45.7 Å². The Bertz CT molecular complexity index is 1530. The largest absolute Gasteiger partial charge is 0.463 e. The van der Waals surface area contributed by atoms with Crippen LogP contribution in [0, 0.1) is 17.1 Å². The number of rotatable bonds is 7. The number of H-pyrrole nitrogens is 1. The number of carbonyl (C=O) groups excluding carboxylic acids is 1. The van der Waals surface area contributed by atoms with Crippen molar-refractivity contribution in [3.8, 4) is 6.07 Å². The molecular formula is C30H24ClFN2O2. The Morgan fingerprint density at radius 1 is 1.11 bits per heavy atom. The number of halogens is 2. The van der Waals surface area contributed by atoms with Crippen molar-refractivity contribution in [3.05, 3.63) is 112 Å². The third-order valence-corrected chi connectivity index (χ3v) is 6.19. The van der Waals surface area contributed by atoms with Gasteiger partial charge in [0.05, 0.1) is 22.9 Å². The molecule has 1 aromatic heterocycles. The molecule has 0 spiro atoms. The molecule has 4 aromatic rings. The van der Waals surface area contributed by atoms with Gasteiger partial charge in [0.15, 0.2) is 0 Å². The van der Waals surface area contributed by atoms with Gasteiger partial charge in [-0.05, 0) is 59.9 Å². The summed E-state index contributed by atoms with van der Waals surface area (Å²) in [6.45, 7) is 4.07. The molecule has 0 unspecified atom stereocenters. The normalized spacial score (nSPS) is 12.0. The molecule has 0 bridgehead atoms. The second-order valence-corrected chi connectivity index (χ2v) is 8.48. The number of benzene rings is 3. The van der Waals surface area contributed by atoms with E-state index in [0.29, 0.717) is 34.9 Å². The quantitative estimate of drug-likeness (QED) is 0.161. The lowest BCUT2D eigenvalue weighted by Crippen LogP contribution is -1.99. The van der Waals surface area contributed by atoms with Gasteiger partial charge in [0.25, 0.3) is 0 Å². The molecule has 4 nitrogen and oxygen atoms in total. The summed E-state index contributed by atoms with van der Waals surface area (Å²) in [5.74, 6) is -0.820. The van der Waals surface area contributed by atoms with Crippen molar-refractivity contribution in [2.75, 3.05) is 6.61 Å². The summed E-state index contributed by atoms with van der Waals surface area (Å²) in [4.78, 5) is 15.1. The van der Waals surface area contributed by atoms with E-state index in [4.69, 9.17) is 16.3 Å². The minimum absolute atomic E-state index is 0.299. The van der Waals surface area contributed by atoms with Gasteiger partial charge in [-0.25, -0.2) is 9.18 Å². The number of nitrogens with one attached hydrogen (secondary N) is 1. The number of carbonyl (C=O) groups is 1. The van der Waals surface area contributed by atoms with Crippen LogP contribution in [0.15, 0.2) is 72.8 Å². The van der Waals surface area contributed by atoms with E-state index in [2.05, 4.69) is 11.1 Å². The average molecular weight is 499 g/mol. The maximum atomic E-state index is 13.9. The number of ether oxygens (including phenoxy) is 1. The summed E-state index contributed by atoms with van der Waals surface area (Å²) in [6.07, 6.45) is 3.66. The standard InChI is InChI=1S/C30H24ClFN2O2/c1-3-22(23-15-14-21(32)17-26(23)31)29(30-25(18-33)24-7-5-6-8-27(24)34-30)20-12-9-19(10-13-20)11-16-28(35)36-4-2/h5-17,34H,3-4H2,1-2H3/b16-11+,29-22+. The Kier molecular flexibility index (Phi) is 7.68. The van der Waals surface area contributed by atoms with Gasteiger partial charge in [-0.15, -0.1) is 0 Å². The van der Waals surface area contributed by atoms with E-state index in [1.54, 1.807) is 19.1 Å². The van der Waals surface area contributed by atoms with Crippen LogP contribution in [-0.2, 0) is 9.53 Å². The fourth-order valence-electron chi connectivity index (χ4n) is 4.27. The second-order valence-electron chi connectivity index (χ2n) is 8.07. The van der Waals surface area contributed by atoms with Crippen molar-refractivity contribution in [2.24, 2.45) is 0 Å². The van der Waals surface area contributed by atoms with Crippen LogP contribution in [0.1, 0.15) is 48.2 Å². The minimum Gasteiger partial charge on any atom is -0.463 e. The van der Waals surface area contributed by atoms with E-state index < -0.39 is 11.8 Å². The molecule has 0 saturated carbocycles. The highest BCUT2D eigenvalue weighted by Gasteiger charge is 2.21. The number of aromatic amines is 1. The Balaban J connectivity index is 1.94. The molecule has 6 heteroatoms. The Morgan fingerprint density at radius 3 is 2.53 bits per heavy atom. The van der Waals surface area contributed by atoms with Crippen LogP contribution >= 0.6 is 11.6 Å². The molecule has 3 aromatic carbocycles. The van der Waals surface area contributed by atoms with Gasteiger partial charge in [-0.3, -0.25) is 0 Å². The van der Waals surface area contributed by atoms with Crippen molar-refractivity contribution in [1.29, 1.82) is 5.26 Å². The van der Waals surface area contributed by atoms with Crippen LogP contribution in [0.25, 0.3) is 28.1 Å². The molecule has 0 fully saturated rings. The molecule has 0 aliphatic heterocycles. The first kappa shape index (κ1) is 25.0. The Morgan fingerprint density at radius 2 is 1.86 bits per heavy atom. The number of hydrogen-bond acceptors (Lipinski definition) is 3. The van der Waals surface area contributed by atoms with Gasteiger partial charge in [0, 0.05) is 22.6 Å². The van der Waals surface area contributed by atoms with E-state index in [0.717, 1.165) is 33.2 Å². The molecule has 36 heavy (non-hydrogen) atoms. The van der Waals surface area contributed by atoms with Crippen molar-refractivity contribution in [1.82, 2.24) is 4.98 Å². The lowest BCUT2D eigenvalue weighted by molar-refractivity contribution is -0.137. The van der Waals surface area contributed by atoms with Crippen LogP contribution in [0.3, 0.4) is 0 Å². The monoisotopic (exact) mass is 498 g/mol. The number of allylic oxidation sites excluding steroid dienone is 1. The highest BCUT2D eigenvalue weighted by molar-refractivity contribution is 6.32. The number of nitrogens with zero attached hydrogens (tertiary/aromatic N) is 1. The summed E-state index contributed by atoms with van der Waals surface area (Å²) in [7, 11) is 0. The third-order valence-electron chi connectivity index (χ3n) is 5.88. The van der Waals surface area contributed by atoms with Gasteiger partial charge < -0.3 is 9.72 Å². The predicted molar refractivity (Wildman–Crippen MR) is 143 cm³/mol. The van der Waals surface area contributed by atoms with Gasteiger partial charge in [-0.1, -0.05) is 67.1 Å². The molecule has 180 valence electrons. The maximum Gasteiger partial charge on any atom is 0.330 e. The molecule has 1 N–H and O–H groups in total. The molecule has 0 atom stereocenters. The highest BCUT2D eigenvalue weighted by atomic mass is 35.5. The number of esters is 1. The molecular weight excluding hydrogens is 475 g/mol. The van der Waals surface area contributed by atoms with E-state index in [1.165, 1.54) is 18.2 Å². The molecule has 0 saturated heterocycles. The van der Waals surface area contributed by atoms with Crippen LogP contribution < -0.4 is 0 Å². The zero-order valence-corrected chi connectivity index (χ0v) is 20.7. The van der Waals surface area contributed by atoms with Crippen LogP contribution in [0.5, 0.6) is 0 Å². The number of nitriles is 1. The van der Waals surface area contributed by atoms with E-state index in [9.17, 15) is 14.4 Å². The van der Waals surface area contributed by atoms with E-state index >= 15 is 0 Å². The number of para-hydroxylation sites is 1. The third kappa shape index (κ3) is 5.10. The van der Waals surface area contributed by atoms with Crippen LogP contribution in [0.2, 0.25) is 5.02 Å². The van der Waals surface area contributed by atoms with E-state index in [1.807, 2.05) is 55.5 Å². The first-order valence-electron chi connectivity index (χ1n) is 11.6. The number of aromatic nitrogens is 1. The first-order chi connectivity index (χ1) is 17.5. The predicted octanol–water partition coefficient (Wildman–Crippen LogP) is 7.78. The summed E-state index contributed by atoms with van der Waals surface area (Å²) in [5, 5.41) is 11.2. The molecule has 1 heterocycles. The topological polar surface area (TPSA) is 65.9 Å². The van der Waals surface area contributed by atoms with Gasteiger partial charge in [-0.2, -0.15) is 5.26 Å². The molecule has 0 aliphatic carbocycles. The fourth-order valence-corrected chi connectivity index (χ4v) is 4.55. The Hall–Kier alpha value is -4.14. The first-order valence-corrected chi connectivity index (χ1v) is 12.0. The summed E-state index contributed by atoms with van der Waals surface area (Å²) in [6, 6.07) is 22.0. The molecule has 0 radical (unpaired) electrons. The number of hydrogen-bond donors (Lipinski definition) is 1. The van der Waals surface area contributed by atoms with Crippen molar-refractivity contribution in [3.63, 3.8) is 0 Å². The lowest BCUT2D eigenvalue weighted by atomic mass is 9.89. The molecule has 0 aliphatic rings. The summed E-state index contributed by atoms with van der Waals surface area (Å²) < 4.78 is 18.8. The molecule has 0 amide bonds. The summed E-state index contributed by atoms with van der Waals surface area (Å²) in [5.41, 5.74) is 6.09. The van der Waals surface area contributed by atoms with E-state index in [-0.39, 0.29) is 0 Å². The highest BCUT2D eigenvalue weighted by Crippen LogP contribution is 2.39. The van der Waals surface area contributed by atoms with Gasteiger partial charge >= 0.3 is 5.97 Å². The van der Waals surface area contributed by atoms with Crippen LogP contribution in [0.4, 0.5) is 4.39 Å². The number of fused-ring (bicyclic) bond motifs is 1. The summed E-state index contributed by atoms with van der Waals surface area (Å²) >= 11 is 6.49. The Labute approximate surface area is 214 Å². The van der Waals surface area contributed by atoms with Crippen LogP contribution in [-0.4, -0.2) is 17.6 Å². The second kappa shape index (κ2) is 11.1. The minimum atomic E-state index is -0.415. The fraction of sp³-hybridized carbons (Fsp3) is 0.133.